The molecule has 0 unspecified atom stereocenters. The molecule has 39 heavy (non-hydrogen) atoms. The van der Waals surface area contributed by atoms with Crippen LogP contribution in [0.5, 0.6) is 11.5 Å². The van der Waals surface area contributed by atoms with Crippen molar-refractivity contribution in [3.05, 3.63) is 87.8 Å². The number of amides is 1. The third-order valence-electron chi connectivity index (χ3n) is 5.44. The minimum absolute atomic E-state index is 0.198. The first kappa shape index (κ1) is 27.6. The van der Waals surface area contributed by atoms with Crippen molar-refractivity contribution in [2.45, 2.75) is 6.92 Å². The monoisotopic (exact) mass is 564 g/mol. The molecule has 1 amide bonds. The van der Waals surface area contributed by atoms with E-state index in [1.807, 2.05) is 48.7 Å². The number of halogens is 1. The Balaban J connectivity index is 1.36. The number of nitrogens with zero attached hydrogens (tertiary/aromatic N) is 2. The summed E-state index contributed by atoms with van der Waals surface area (Å²) in [4.78, 5) is 28.6. The molecule has 11 heteroatoms. The molecule has 2 N–H and O–H groups in total. The third kappa shape index (κ3) is 7.34. The summed E-state index contributed by atoms with van der Waals surface area (Å²) in [7, 11) is 2.70. The fraction of sp³-hybridized carbons (Fsp3) is 0.143. The molecule has 0 atom stereocenters. The number of rotatable bonds is 10. The molecule has 1 heterocycles. The predicted molar refractivity (Wildman–Crippen MR) is 153 cm³/mol. The van der Waals surface area contributed by atoms with Crippen molar-refractivity contribution in [3.8, 4) is 22.8 Å². The van der Waals surface area contributed by atoms with Gasteiger partial charge in [0, 0.05) is 22.2 Å². The topological polar surface area (TPSA) is 111 Å². The second-order valence-electron chi connectivity index (χ2n) is 8.20. The Morgan fingerprint density at radius 2 is 1.82 bits per heavy atom. The fourth-order valence-electron chi connectivity index (χ4n) is 3.39. The molecular formula is C28H25ClN4O5S. The summed E-state index contributed by atoms with van der Waals surface area (Å²) in [5.74, 6) is -0.437. The number of hydrogen-bond donors (Lipinski definition) is 2. The third-order valence-corrected chi connectivity index (χ3v) is 6.48. The summed E-state index contributed by atoms with van der Waals surface area (Å²) >= 11 is 7.78. The van der Waals surface area contributed by atoms with Gasteiger partial charge in [0.05, 0.1) is 31.2 Å². The molecule has 0 bridgehead atoms. The lowest BCUT2D eigenvalue weighted by Gasteiger charge is -2.12. The molecule has 0 saturated carbocycles. The van der Waals surface area contributed by atoms with Gasteiger partial charge in [0.25, 0.3) is 5.91 Å². The number of carbonyl (C=O) groups is 2. The lowest BCUT2D eigenvalue weighted by Crippen LogP contribution is -2.17. The van der Waals surface area contributed by atoms with Gasteiger partial charge in [-0.05, 0) is 48.9 Å². The number of anilines is 2. The lowest BCUT2D eigenvalue weighted by atomic mass is 10.1. The Bertz CT molecular complexity index is 1490. The standard InChI is InChI=1S/C28H25ClN4O5S/c1-17-4-10-21(11-5-17)31-28-32-23(16-39-28)19-6-8-20(9-7-19)27(35)33-30-14-18-12-22(29)26(24(13-18)36-2)38-15-25(34)37-3/h4-14,16H,15H2,1-3H3,(H,31,32)(H,33,35)/b30-14-. The van der Waals surface area contributed by atoms with Gasteiger partial charge in [-0.1, -0.05) is 41.4 Å². The number of hydrogen-bond acceptors (Lipinski definition) is 9. The zero-order chi connectivity index (χ0) is 27.8. The minimum atomic E-state index is -0.555. The second kappa shape index (κ2) is 12.9. The highest BCUT2D eigenvalue weighted by Gasteiger charge is 2.14. The summed E-state index contributed by atoms with van der Waals surface area (Å²) in [5, 5.41) is 10.3. The maximum Gasteiger partial charge on any atom is 0.343 e. The van der Waals surface area contributed by atoms with Gasteiger partial charge in [-0.15, -0.1) is 11.3 Å². The fourth-order valence-corrected chi connectivity index (χ4v) is 4.40. The van der Waals surface area contributed by atoms with Gasteiger partial charge in [-0.3, -0.25) is 4.79 Å². The number of carbonyl (C=O) groups excluding carboxylic acids is 2. The summed E-state index contributed by atoms with van der Waals surface area (Å²) in [6.07, 6.45) is 1.42. The molecule has 0 aliphatic carbocycles. The van der Waals surface area contributed by atoms with Gasteiger partial charge in [0.15, 0.2) is 23.2 Å². The Morgan fingerprint density at radius 1 is 1.08 bits per heavy atom. The number of nitrogens with one attached hydrogen (secondary N) is 2. The van der Waals surface area contributed by atoms with Gasteiger partial charge in [-0.2, -0.15) is 5.10 Å². The van der Waals surface area contributed by atoms with Crippen LogP contribution in [0.1, 0.15) is 21.5 Å². The smallest absolute Gasteiger partial charge is 0.343 e. The molecule has 4 rings (SSSR count). The molecule has 0 saturated heterocycles. The molecule has 0 fully saturated rings. The molecule has 0 spiro atoms. The van der Waals surface area contributed by atoms with Crippen LogP contribution in [0.2, 0.25) is 5.02 Å². The van der Waals surface area contributed by atoms with Crippen molar-refractivity contribution in [2.75, 3.05) is 26.1 Å². The van der Waals surface area contributed by atoms with E-state index in [0.29, 0.717) is 16.9 Å². The first-order chi connectivity index (χ1) is 18.9. The van der Waals surface area contributed by atoms with Crippen molar-refractivity contribution in [3.63, 3.8) is 0 Å². The van der Waals surface area contributed by atoms with E-state index in [0.717, 1.165) is 22.1 Å². The molecule has 0 aliphatic rings. The predicted octanol–water partition coefficient (Wildman–Crippen LogP) is 5.84. The molecule has 0 aliphatic heterocycles. The summed E-state index contributed by atoms with van der Waals surface area (Å²) in [6, 6.07) is 18.4. The maximum absolute atomic E-state index is 12.6. The Hall–Kier alpha value is -4.41. The average molecular weight is 565 g/mol. The van der Waals surface area contributed by atoms with Gasteiger partial charge in [0.1, 0.15) is 0 Å². The van der Waals surface area contributed by atoms with Gasteiger partial charge >= 0.3 is 5.97 Å². The van der Waals surface area contributed by atoms with Crippen LogP contribution in [0.3, 0.4) is 0 Å². The van der Waals surface area contributed by atoms with E-state index in [1.54, 1.807) is 24.3 Å². The normalized spacial score (nSPS) is 10.8. The molecule has 4 aromatic rings. The lowest BCUT2D eigenvalue weighted by molar-refractivity contribution is -0.142. The SMILES string of the molecule is COC(=O)COc1c(Cl)cc(/C=N\NC(=O)c2ccc(-c3csc(Nc4ccc(C)cc4)n3)cc2)cc1OC. The van der Waals surface area contributed by atoms with E-state index in [4.69, 9.17) is 21.1 Å². The number of aromatic nitrogens is 1. The van der Waals surface area contributed by atoms with Crippen molar-refractivity contribution in [1.29, 1.82) is 0 Å². The quantitative estimate of drug-likeness (QED) is 0.141. The Labute approximate surface area is 234 Å². The summed E-state index contributed by atoms with van der Waals surface area (Å²) < 4.78 is 15.2. The second-order valence-corrected chi connectivity index (χ2v) is 9.47. The zero-order valence-corrected chi connectivity index (χ0v) is 22.9. The highest BCUT2D eigenvalue weighted by Crippen LogP contribution is 2.36. The van der Waals surface area contributed by atoms with E-state index >= 15 is 0 Å². The van der Waals surface area contributed by atoms with Crippen LogP contribution in [0, 0.1) is 6.92 Å². The maximum atomic E-state index is 12.6. The molecule has 9 nitrogen and oxygen atoms in total. The van der Waals surface area contributed by atoms with Crippen LogP contribution >= 0.6 is 22.9 Å². The number of aryl methyl sites for hydroxylation is 1. The van der Waals surface area contributed by atoms with Crippen molar-refractivity contribution in [2.24, 2.45) is 5.10 Å². The number of esters is 1. The molecule has 1 aromatic heterocycles. The molecule has 0 radical (unpaired) electrons. The highest BCUT2D eigenvalue weighted by molar-refractivity contribution is 7.14. The van der Waals surface area contributed by atoms with E-state index < -0.39 is 5.97 Å². The van der Waals surface area contributed by atoms with Gasteiger partial charge in [-0.25, -0.2) is 15.2 Å². The number of hydrazone groups is 1. The van der Waals surface area contributed by atoms with Crippen LogP contribution in [-0.4, -0.2) is 43.9 Å². The number of ether oxygens (including phenoxy) is 3. The van der Waals surface area contributed by atoms with E-state index in [1.165, 1.54) is 37.3 Å². The van der Waals surface area contributed by atoms with Crippen LogP contribution < -0.4 is 20.2 Å². The minimum Gasteiger partial charge on any atom is -0.493 e. The van der Waals surface area contributed by atoms with Crippen molar-refractivity contribution in [1.82, 2.24) is 10.4 Å². The molecular weight excluding hydrogens is 540 g/mol. The Morgan fingerprint density at radius 3 is 2.51 bits per heavy atom. The number of benzene rings is 3. The van der Waals surface area contributed by atoms with Crippen molar-refractivity contribution >= 4 is 51.8 Å². The summed E-state index contributed by atoms with van der Waals surface area (Å²) in [6.45, 7) is 1.73. The van der Waals surface area contributed by atoms with Crippen LogP contribution in [0.25, 0.3) is 11.3 Å². The van der Waals surface area contributed by atoms with E-state index in [9.17, 15) is 9.59 Å². The zero-order valence-electron chi connectivity index (χ0n) is 21.4. The molecule has 200 valence electrons. The highest BCUT2D eigenvalue weighted by atomic mass is 35.5. The Kier molecular flexibility index (Phi) is 9.14. The van der Waals surface area contributed by atoms with Crippen molar-refractivity contribution < 1.29 is 23.8 Å². The van der Waals surface area contributed by atoms with Crippen LogP contribution in [0.15, 0.2) is 71.1 Å². The summed E-state index contributed by atoms with van der Waals surface area (Å²) in [5.41, 5.74) is 7.34. The van der Waals surface area contributed by atoms with Gasteiger partial charge < -0.3 is 19.5 Å². The average Bonchev–Trinajstić information content (AvgIpc) is 3.41. The van der Waals surface area contributed by atoms with Crippen LogP contribution in [0.4, 0.5) is 10.8 Å². The first-order valence-corrected chi connectivity index (χ1v) is 12.9. The van der Waals surface area contributed by atoms with E-state index in [-0.39, 0.29) is 23.3 Å². The number of thiazole rings is 1. The van der Waals surface area contributed by atoms with E-state index in [2.05, 4.69) is 25.6 Å². The van der Waals surface area contributed by atoms with Crippen LogP contribution in [-0.2, 0) is 9.53 Å². The number of methoxy groups -OCH3 is 2. The first-order valence-electron chi connectivity index (χ1n) is 11.7. The largest absolute Gasteiger partial charge is 0.493 e. The molecule has 3 aromatic carbocycles. The van der Waals surface area contributed by atoms with Gasteiger partial charge in [0.2, 0.25) is 0 Å².